The van der Waals surface area contributed by atoms with Gasteiger partial charge in [-0.15, -0.1) is 0 Å². The van der Waals surface area contributed by atoms with Crippen LogP contribution in [0.4, 0.5) is 0 Å². The minimum atomic E-state index is -3.04. The molecule has 1 N–H and O–H groups in total. The Morgan fingerprint density at radius 3 is 2.15 bits per heavy atom. The molecule has 0 saturated carbocycles. The van der Waals surface area contributed by atoms with Crippen LogP contribution in [0.5, 0.6) is 0 Å². The van der Waals surface area contributed by atoms with E-state index in [2.05, 4.69) is 4.72 Å². The number of hydrogen-bond donors (Lipinski definition) is 1. The van der Waals surface area contributed by atoms with Gasteiger partial charge in [-0.3, -0.25) is 0 Å². The van der Waals surface area contributed by atoms with Crippen LogP contribution in [0.1, 0.15) is 40.5 Å². The highest BCUT2D eigenvalue weighted by molar-refractivity contribution is 7.89. The van der Waals surface area contributed by atoms with Crippen LogP contribution in [-0.2, 0) is 10.0 Å². The summed E-state index contributed by atoms with van der Waals surface area (Å²) in [5.74, 6) is 0.683. The molecule has 0 aromatic heterocycles. The van der Waals surface area contributed by atoms with Gasteiger partial charge in [-0.05, 0) is 25.7 Å². The standard InChI is InChI=1S/C9H21NO2S/c1-5-9(4)10-13(11,12)7-6-8(2)3/h8-10H,5-7H2,1-4H3. The van der Waals surface area contributed by atoms with Crippen LogP contribution < -0.4 is 4.72 Å². The molecule has 0 bridgehead atoms. The van der Waals surface area contributed by atoms with E-state index in [1.54, 1.807) is 0 Å². The zero-order valence-corrected chi connectivity index (χ0v) is 9.82. The second kappa shape index (κ2) is 5.60. The van der Waals surface area contributed by atoms with E-state index < -0.39 is 10.0 Å². The number of sulfonamides is 1. The van der Waals surface area contributed by atoms with Crippen molar-refractivity contribution in [3.63, 3.8) is 0 Å². The third-order valence-corrected chi connectivity index (χ3v) is 3.49. The van der Waals surface area contributed by atoms with E-state index >= 15 is 0 Å². The quantitative estimate of drug-likeness (QED) is 0.721. The zero-order valence-electron chi connectivity index (χ0n) is 9.00. The number of hydrogen-bond acceptors (Lipinski definition) is 2. The van der Waals surface area contributed by atoms with Crippen LogP contribution >= 0.6 is 0 Å². The predicted octanol–water partition coefficient (Wildman–Crippen LogP) is 1.75. The van der Waals surface area contributed by atoms with Crippen molar-refractivity contribution >= 4 is 10.0 Å². The Hall–Kier alpha value is -0.0900. The Balaban J connectivity index is 3.95. The fourth-order valence-corrected chi connectivity index (χ4v) is 2.52. The van der Waals surface area contributed by atoms with Gasteiger partial charge in [-0.1, -0.05) is 20.8 Å². The van der Waals surface area contributed by atoms with Gasteiger partial charge in [0.2, 0.25) is 10.0 Å². The molecule has 0 fully saturated rings. The first kappa shape index (κ1) is 12.9. The van der Waals surface area contributed by atoms with E-state index in [1.165, 1.54) is 0 Å². The molecule has 0 aromatic rings. The number of nitrogens with one attached hydrogen (secondary N) is 1. The average molecular weight is 207 g/mol. The SMILES string of the molecule is CCC(C)NS(=O)(=O)CCC(C)C. The minimum Gasteiger partial charge on any atom is -0.212 e. The Labute approximate surface area is 82.0 Å². The summed E-state index contributed by atoms with van der Waals surface area (Å²) in [6, 6.07) is 0.0529. The van der Waals surface area contributed by atoms with Crippen molar-refractivity contribution in [3.05, 3.63) is 0 Å². The highest BCUT2D eigenvalue weighted by atomic mass is 32.2. The summed E-state index contributed by atoms with van der Waals surface area (Å²) in [4.78, 5) is 0. The summed E-state index contributed by atoms with van der Waals surface area (Å²) in [5.41, 5.74) is 0. The number of rotatable bonds is 6. The van der Waals surface area contributed by atoms with E-state index in [0.29, 0.717) is 5.92 Å². The molecular weight excluding hydrogens is 186 g/mol. The summed E-state index contributed by atoms with van der Waals surface area (Å²) in [7, 11) is -3.04. The zero-order chi connectivity index (χ0) is 10.5. The minimum absolute atomic E-state index is 0.0529. The maximum atomic E-state index is 11.4. The molecule has 1 atom stereocenters. The second-order valence-electron chi connectivity index (χ2n) is 3.93. The average Bonchev–Trinajstić information content (AvgIpc) is 2.00. The maximum Gasteiger partial charge on any atom is 0.211 e. The first-order valence-electron chi connectivity index (χ1n) is 4.87. The van der Waals surface area contributed by atoms with E-state index in [-0.39, 0.29) is 11.8 Å². The van der Waals surface area contributed by atoms with Crippen LogP contribution in [-0.4, -0.2) is 20.2 Å². The van der Waals surface area contributed by atoms with Crippen LogP contribution in [0.25, 0.3) is 0 Å². The van der Waals surface area contributed by atoms with Crippen molar-refractivity contribution < 1.29 is 8.42 Å². The first-order valence-corrected chi connectivity index (χ1v) is 6.52. The molecule has 0 spiro atoms. The largest absolute Gasteiger partial charge is 0.212 e. The van der Waals surface area contributed by atoms with E-state index in [0.717, 1.165) is 12.8 Å². The molecule has 0 heterocycles. The highest BCUT2D eigenvalue weighted by Gasteiger charge is 2.13. The molecule has 0 rings (SSSR count). The van der Waals surface area contributed by atoms with E-state index in [1.807, 2.05) is 27.7 Å². The van der Waals surface area contributed by atoms with Crippen molar-refractivity contribution in [1.82, 2.24) is 4.72 Å². The summed E-state index contributed by atoms with van der Waals surface area (Å²) in [6.07, 6.45) is 1.56. The van der Waals surface area contributed by atoms with Crippen LogP contribution in [0.15, 0.2) is 0 Å². The molecule has 1 unspecified atom stereocenters. The van der Waals surface area contributed by atoms with Crippen LogP contribution in [0, 0.1) is 5.92 Å². The predicted molar refractivity (Wildman–Crippen MR) is 56.1 cm³/mol. The maximum absolute atomic E-state index is 11.4. The lowest BCUT2D eigenvalue weighted by molar-refractivity contribution is 0.542. The Kier molecular flexibility index (Phi) is 5.56. The summed E-state index contributed by atoms with van der Waals surface area (Å²) < 4.78 is 25.4. The highest BCUT2D eigenvalue weighted by Crippen LogP contribution is 2.03. The van der Waals surface area contributed by atoms with Crippen molar-refractivity contribution in [2.24, 2.45) is 5.92 Å². The molecule has 0 aliphatic rings. The third-order valence-electron chi connectivity index (χ3n) is 1.96. The Morgan fingerprint density at radius 2 is 1.77 bits per heavy atom. The molecule has 4 heteroatoms. The molecule has 0 radical (unpaired) electrons. The van der Waals surface area contributed by atoms with Crippen molar-refractivity contribution in [2.45, 2.75) is 46.6 Å². The lowest BCUT2D eigenvalue weighted by Gasteiger charge is -2.12. The molecule has 0 amide bonds. The molecule has 13 heavy (non-hydrogen) atoms. The Bertz CT molecular complexity index is 222. The Morgan fingerprint density at radius 1 is 1.23 bits per heavy atom. The van der Waals surface area contributed by atoms with Gasteiger partial charge in [0, 0.05) is 6.04 Å². The summed E-state index contributed by atoms with van der Waals surface area (Å²) >= 11 is 0. The smallest absolute Gasteiger partial charge is 0.211 e. The van der Waals surface area contributed by atoms with Crippen molar-refractivity contribution in [3.8, 4) is 0 Å². The molecule has 0 aliphatic heterocycles. The van der Waals surface area contributed by atoms with Gasteiger partial charge in [-0.2, -0.15) is 0 Å². The molecule has 0 saturated heterocycles. The van der Waals surface area contributed by atoms with E-state index in [4.69, 9.17) is 0 Å². The molecule has 0 aliphatic carbocycles. The lowest BCUT2D eigenvalue weighted by atomic mass is 10.2. The fourth-order valence-electron chi connectivity index (χ4n) is 0.840. The third kappa shape index (κ3) is 7.02. The normalized spacial score (nSPS) is 14.8. The molecule has 80 valence electrons. The monoisotopic (exact) mass is 207 g/mol. The van der Waals surface area contributed by atoms with Gasteiger partial charge in [0.15, 0.2) is 0 Å². The molecular formula is C9H21NO2S. The van der Waals surface area contributed by atoms with Crippen LogP contribution in [0.2, 0.25) is 0 Å². The van der Waals surface area contributed by atoms with Crippen molar-refractivity contribution in [2.75, 3.05) is 5.75 Å². The summed E-state index contributed by atoms with van der Waals surface area (Å²) in [5, 5.41) is 0. The van der Waals surface area contributed by atoms with Gasteiger partial charge in [0.25, 0.3) is 0 Å². The van der Waals surface area contributed by atoms with Crippen molar-refractivity contribution in [1.29, 1.82) is 0 Å². The van der Waals surface area contributed by atoms with Gasteiger partial charge in [0.05, 0.1) is 5.75 Å². The molecule has 0 aromatic carbocycles. The van der Waals surface area contributed by atoms with Gasteiger partial charge >= 0.3 is 0 Å². The summed E-state index contributed by atoms with van der Waals surface area (Å²) in [6.45, 7) is 7.90. The van der Waals surface area contributed by atoms with Gasteiger partial charge in [0.1, 0.15) is 0 Å². The lowest BCUT2D eigenvalue weighted by Crippen LogP contribution is -2.34. The van der Waals surface area contributed by atoms with Gasteiger partial charge in [-0.25, -0.2) is 13.1 Å². The van der Waals surface area contributed by atoms with Gasteiger partial charge < -0.3 is 0 Å². The molecule has 3 nitrogen and oxygen atoms in total. The van der Waals surface area contributed by atoms with E-state index in [9.17, 15) is 8.42 Å². The second-order valence-corrected chi connectivity index (χ2v) is 5.80. The topological polar surface area (TPSA) is 46.2 Å². The fraction of sp³-hybridized carbons (Fsp3) is 1.00. The van der Waals surface area contributed by atoms with Crippen LogP contribution in [0.3, 0.4) is 0 Å². The first-order chi connectivity index (χ1) is 5.87.